The van der Waals surface area contributed by atoms with Crippen molar-refractivity contribution in [1.82, 2.24) is 4.90 Å². The zero-order valence-corrected chi connectivity index (χ0v) is 13.4. The molecule has 2 saturated heterocycles. The highest BCUT2D eigenvalue weighted by Gasteiger charge is 2.51. The monoisotopic (exact) mass is 328 g/mol. The number of carboxylic acid groups (broad SMARTS) is 1. The van der Waals surface area contributed by atoms with Gasteiger partial charge in [0.25, 0.3) is 0 Å². The lowest BCUT2D eigenvalue weighted by Crippen LogP contribution is -2.51. The van der Waals surface area contributed by atoms with E-state index in [0.29, 0.717) is 6.54 Å². The van der Waals surface area contributed by atoms with Gasteiger partial charge in [-0.25, -0.2) is 0 Å². The maximum absolute atomic E-state index is 13.0. The highest BCUT2D eigenvalue weighted by molar-refractivity contribution is 6.02. The van der Waals surface area contributed by atoms with Crippen LogP contribution in [0.4, 0.5) is 0 Å². The van der Waals surface area contributed by atoms with E-state index in [0.717, 1.165) is 5.56 Å². The number of nitrogens with zero attached hydrogens (tertiary/aromatic N) is 2. The summed E-state index contributed by atoms with van der Waals surface area (Å²) in [7, 11) is 0. The van der Waals surface area contributed by atoms with Crippen molar-refractivity contribution >= 4 is 11.9 Å². The standard InChI is InChI=1S/C18H20N2O4/c19-10-14-11-20(12-15(14)13-4-2-1-3-5-13)16(21)18(17(22)23)6-8-24-9-7-18/h1-5,14-15H,6-9,11-12H2,(H,22,23)/t14-,15+/m1/s1. The molecule has 0 aromatic heterocycles. The summed E-state index contributed by atoms with van der Waals surface area (Å²) in [5, 5.41) is 19.1. The first-order valence-corrected chi connectivity index (χ1v) is 8.13. The highest BCUT2D eigenvalue weighted by atomic mass is 16.5. The Hall–Kier alpha value is -2.39. The number of nitriles is 1. The predicted octanol–water partition coefficient (Wildman–Crippen LogP) is 1.63. The van der Waals surface area contributed by atoms with Crippen LogP contribution < -0.4 is 0 Å². The molecule has 0 saturated carbocycles. The van der Waals surface area contributed by atoms with Crippen LogP contribution in [0.5, 0.6) is 0 Å². The Morgan fingerprint density at radius 3 is 2.46 bits per heavy atom. The van der Waals surface area contributed by atoms with Gasteiger partial charge in [-0.1, -0.05) is 30.3 Å². The first kappa shape index (κ1) is 16.5. The number of amides is 1. The van der Waals surface area contributed by atoms with Gasteiger partial charge in [0.2, 0.25) is 5.91 Å². The molecule has 6 nitrogen and oxygen atoms in total. The molecule has 1 amide bonds. The topological polar surface area (TPSA) is 90.6 Å². The summed E-state index contributed by atoms with van der Waals surface area (Å²) < 4.78 is 5.23. The van der Waals surface area contributed by atoms with Crippen molar-refractivity contribution < 1.29 is 19.4 Å². The number of carbonyl (C=O) groups excluding carboxylic acids is 1. The number of benzene rings is 1. The third kappa shape index (κ3) is 2.76. The van der Waals surface area contributed by atoms with Crippen LogP contribution in [0.3, 0.4) is 0 Å². The van der Waals surface area contributed by atoms with E-state index in [1.54, 1.807) is 4.90 Å². The van der Waals surface area contributed by atoms with Gasteiger partial charge in [0.1, 0.15) is 0 Å². The van der Waals surface area contributed by atoms with Crippen molar-refractivity contribution in [2.75, 3.05) is 26.3 Å². The molecular formula is C18H20N2O4. The number of hydrogen-bond acceptors (Lipinski definition) is 4. The van der Waals surface area contributed by atoms with Gasteiger partial charge in [-0.3, -0.25) is 9.59 Å². The summed E-state index contributed by atoms with van der Waals surface area (Å²) in [6.45, 7) is 1.22. The Bertz CT molecular complexity index is 661. The Morgan fingerprint density at radius 2 is 1.88 bits per heavy atom. The fraction of sp³-hybridized carbons (Fsp3) is 0.500. The molecule has 0 unspecified atom stereocenters. The van der Waals surface area contributed by atoms with Crippen molar-refractivity contribution in [3.05, 3.63) is 35.9 Å². The van der Waals surface area contributed by atoms with E-state index in [1.165, 1.54) is 0 Å². The second-order valence-electron chi connectivity index (χ2n) is 6.46. The molecule has 0 spiro atoms. The number of carbonyl (C=O) groups is 2. The van der Waals surface area contributed by atoms with Gasteiger partial charge in [0.15, 0.2) is 5.41 Å². The van der Waals surface area contributed by atoms with Gasteiger partial charge in [-0.2, -0.15) is 5.26 Å². The SMILES string of the molecule is N#C[C@@H]1CN(C(=O)C2(C(=O)O)CCOCC2)C[C@H]1c1ccccc1. The number of likely N-dealkylation sites (tertiary alicyclic amines) is 1. The minimum Gasteiger partial charge on any atom is -0.480 e. The quantitative estimate of drug-likeness (QED) is 0.852. The molecule has 2 heterocycles. The van der Waals surface area contributed by atoms with Crippen LogP contribution in [0, 0.1) is 22.7 Å². The predicted molar refractivity (Wildman–Crippen MR) is 85.0 cm³/mol. The molecule has 2 aliphatic rings. The smallest absolute Gasteiger partial charge is 0.319 e. The van der Waals surface area contributed by atoms with Crippen LogP contribution in [-0.4, -0.2) is 48.2 Å². The van der Waals surface area contributed by atoms with Crippen LogP contribution in [-0.2, 0) is 14.3 Å². The van der Waals surface area contributed by atoms with E-state index in [2.05, 4.69) is 6.07 Å². The van der Waals surface area contributed by atoms with Crippen LogP contribution in [0.1, 0.15) is 24.3 Å². The molecule has 0 aliphatic carbocycles. The molecule has 24 heavy (non-hydrogen) atoms. The Kier molecular flexibility index (Phi) is 4.54. The average Bonchev–Trinajstić information content (AvgIpc) is 3.06. The van der Waals surface area contributed by atoms with Crippen LogP contribution >= 0.6 is 0 Å². The van der Waals surface area contributed by atoms with Gasteiger partial charge in [0.05, 0.1) is 12.0 Å². The average molecular weight is 328 g/mol. The number of hydrogen-bond donors (Lipinski definition) is 1. The molecule has 0 radical (unpaired) electrons. The Labute approximate surface area is 140 Å². The summed E-state index contributed by atoms with van der Waals surface area (Å²) >= 11 is 0. The lowest BCUT2D eigenvalue weighted by atomic mass is 9.79. The van der Waals surface area contributed by atoms with Gasteiger partial charge in [0, 0.05) is 32.2 Å². The summed E-state index contributed by atoms with van der Waals surface area (Å²) in [5.74, 6) is -1.86. The molecule has 0 bridgehead atoms. The molecule has 1 aromatic carbocycles. The van der Waals surface area contributed by atoms with Gasteiger partial charge < -0.3 is 14.7 Å². The summed E-state index contributed by atoms with van der Waals surface area (Å²) in [4.78, 5) is 26.4. The zero-order valence-electron chi connectivity index (χ0n) is 13.4. The Morgan fingerprint density at radius 1 is 1.21 bits per heavy atom. The molecule has 2 fully saturated rings. The third-order valence-electron chi connectivity index (χ3n) is 5.17. The van der Waals surface area contributed by atoms with Gasteiger partial charge in [-0.15, -0.1) is 0 Å². The summed E-state index contributed by atoms with van der Waals surface area (Å²) in [6, 6.07) is 11.9. The highest BCUT2D eigenvalue weighted by Crippen LogP contribution is 2.38. The largest absolute Gasteiger partial charge is 0.480 e. The van der Waals surface area contributed by atoms with E-state index in [-0.39, 0.29) is 50.3 Å². The molecule has 126 valence electrons. The third-order valence-corrected chi connectivity index (χ3v) is 5.17. The maximum atomic E-state index is 13.0. The van der Waals surface area contributed by atoms with E-state index >= 15 is 0 Å². The summed E-state index contributed by atoms with van der Waals surface area (Å²) in [5.41, 5.74) is -0.403. The zero-order chi connectivity index (χ0) is 17.2. The molecule has 1 aromatic rings. The van der Waals surface area contributed by atoms with E-state index in [1.807, 2.05) is 30.3 Å². The first-order chi connectivity index (χ1) is 11.6. The molecule has 1 N–H and O–H groups in total. The van der Waals surface area contributed by atoms with Crippen molar-refractivity contribution in [2.45, 2.75) is 18.8 Å². The fourth-order valence-electron chi connectivity index (χ4n) is 3.68. The molecule has 6 heteroatoms. The minimum absolute atomic E-state index is 0.0779. The van der Waals surface area contributed by atoms with E-state index in [4.69, 9.17) is 4.74 Å². The van der Waals surface area contributed by atoms with Gasteiger partial charge >= 0.3 is 5.97 Å². The van der Waals surface area contributed by atoms with Crippen molar-refractivity contribution in [2.24, 2.45) is 11.3 Å². The van der Waals surface area contributed by atoms with Crippen molar-refractivity contribution in [3.63, 3.8) is 0 Å². The molecule has 2 atom stereocenters. The molecular weight excluding hydrogens is 308 g/mol. The van der Waals surface area contributed by atoms with Crippen molar-refractivity contribution in [1.29, 1.82) is 5.26 Å². The normalized spacial score (nSPS) is 25.9. The lowest BCUT2D eigenvalue weighted by Gasteiger charge is -2.35. The van der Waals surface area contributed by atoms with Crippen LogP contribution in [0.15, 0.2) is 30.3 Å². The number of carboxylic acids is 1. The van der Waals surface area contributed by atoms with E-state index in [9.17, 15) is 20.0 Å². The van der Waals surface area contributed by atoms with Crippen molar-refractivity contribution in [3.8, 4) is 6.07 Å². The molecule has 2 aliphatic heterocycles. The second kappa shape index (κ2) is 6.62. The lowest BCUT2D eigenvalue weighted by molar-refractivity contribution is -0.167. The second-order valence-corrected chi connectivity index (χ2v) is 6.46. The number of rotatable bonds is 3. The number of aliphatic carboxylic acids is 1. The van der Waals surface area contributed by atoms with Crippen LogP contribution in [0.25, 0.3) is 0 Å². The first-order valence-electron chi connectivity index (χ1n) is 8.13. The van der Waals surface area contributed by atoms with Crippen LogP contribution in [0.2, 0.25) is 0 Å². The van der Waals surface area contributed by atoms with E-state index < -0.39 is 11.4 Å². The van der Waals surface area contributed by atoms with Gasteiger partial charge in [-0.05, 0) is 18.4 Å². The minimum atomic E-state index is -1.41. The maximum Gasteiger partial charge on any atom is 0.319 e. The molecule has 3 rings (SSSR count). The number of ether oxygens (including phenoxy) is 1. The summed E-state index contributed by atoms with van der Waals surface area (Å²) in [6.07, 6.45) is 0.371. The fourth-order valence-corrected chi connectivity index (χ4v) is 3.68. The Balaban J connectivity index is 1.84.